The fraction of sp³-hybridized carbons (Fsp3) is 0.375. The molecule has 130 valence electrons. The average Bonchev–Trinajstić information content (AvgIpc) is 2.55. The van der Waals surface area contributed by atoms with Gasteiger partial charge in [0.05, 0.1) is 23.0 Å². The molecule has 1 fully saturated rings. The molecule has 24 heavy (non-hydrogen) atoms. The van der Waals surface area contributed by atoms with Crippen molar-refractivity contribution < 1.29 is 39.6 Å². The highest BCUT2D eigenvalue weighted by Gasteiger charge is 2.35. The highest BCUT2D eigenvalue weighted by atomic mass is 16.4. The number of rotatable bonds is 4. The fourth-order valence-corrected chi connectivity index (χ4v) is 2.48. The second-order valence-electron chi connectivity index (χ2n) is 5.36. The van der Waals surface area contributed by atoms with Gasteiger partial charge in [-0.25, -0.2) is 9.59 Å². The summed E-state index contributed by atoms with van der Waals surface area (Å²) in [6, 6.07) is 5.02. The molecule has 0 amide bonds. The number of hydrogen-bond acceptors (Lipinski definition) is 4. The molecule has 0 spiro atoms. The van der Waals surface area contributed by atoms with E-state index < -0.39 is 35.7 Å². The number of carboxylic acids is 4. The van der Waals surface area contributed by atoms with Gasteiger partial charge in [-0.1, -0.05) is 12.8 Å². The van der Waals surface area contributed by atoms with Crippen LogP contribution < -0.4 is 0 Å². The van der Waals surface area contributed by atoms with E-state index in [1.165, 1.54) is 24.3 Å². The van der Waals surface area contributed by atoms with E-state index in [9.17, 15) is 19.2 Å². The molecule has 0 aliphatic heterocycles. The van der Waals surface area contributed by atoms with E-state index >= 15 is 0 Å². The van der Waals surface area contributed by atoms with Gasteiger partial charge in [0.1, 0.15) is 0 Å². The Morgan fingerprint density at radius 3 is 1.17 bits per heavy atom. The predicted octanol–water partition coefficient (Wildman–Crippen LogP) is 2.05. The molecule has 0 heterocycles. The zero-order valence-electron chi connectivity index (χ0n) is 12.7. The SMILES string of the molecule is O=C(O)C1CCCCC1C(=O)O.O=C(O)c1ccc(C(=O)O)cc1. The van der Waals surface area contributed by atoms with Crippen LogP contribution in [0.4, 0.5) is 0 Å². The van der Waals surface area contributed by atoms with E-state index in [1.807, 2.05) is 0 Å². The standard InChI is InChI=1S/C8H6O4.C8H12O4/c9-7(10)5-1-2-6(4-3-5)8(11)12;9-7(10)5-3-1-2-4-6(5)8(11)12/h1-4H,(H,9,10)(H,11,12);5-6H,1-4H2,(H,9,10)(H,11,12). The summed E-state index contributed by atoms with van der Waals surface area (Å²) in [5, 5.41) is 34.3. The fourth-order valence-electron chi connectivity index (χ4n) is 2.48. The van der Waals surface area contributed by atoms with Crippen molar-refractivity contribution in [2.24, 2.45) is 11.8 Å². The maximum Gasteiger partial charge on any atom is 0.335 e. The minimum atomic E-state index is -1.06. The van der Waals surface area contributed by atoms with Gasteiger partial charge in [-0.3, -0.25) is 9.59 Å². The third kappa shape index (κ3) is 5.38. The number of aliphatic carboxylic acids is 2. The lowest BCUT2D eigenvalue weighted by molar-refractivity contribution is -0.155. The Kier molecular flexibility index (Phi) is 6.91. The summed E-state index contributed by atoms with van der Waals surface area (Å²) in [4.78, 5) is 41.9. The first-order chi connectivity index (χ1) is 11.2. The molecule has 1 saturated carbocycles. The Morgan fingerprint density at radius 2 is 0.958 bits per heavy atom. The van der Waals surface area contributed by atoms with Crippen LogP contribution in [0, 0.1) is 11.8 Å². The molecule has 1 aromatic carbocycles. The van der Waals surface area contributed by atoms with Crippen molar-refractivity contribution in [2.75, 3.05) is 0 Å². The third-order valence-corrected chi connectivity index (χ3v) is 3.78. The first-order valence-electron chi connectivity index (χ1n) is 7.26. The van der Waals surface area contributed by atoms with E-state index in [0.717, 1.165) is 12.8 Å². The average molecular weight is 338 g/mol. The lowest BCUT2D eigenvalue weighted by Crippen LogP contribution is -2.32. The summed E-state index contributed by atoms with van der Waals surface area (Å²) < 4.78 is 0. The second-order valence-corrected chi connectivity index (χ2v) is 5.36. The molecule has 1 aliphatic carbocycles. The Labute approximate surface area is 137 Å². The van der Waals surface area contributed by atoms with Gasteiger partial charge in [0.25, 0.3) is 0 Å². The van der Waals surface area contributed by atoms with Crippen LogP contribution >= 0.6 is 0 Å². The van der Waals surface area contributed by atoms with Crippen LogP contribution in [0.15, 0.2) is 24.3 Å². The molecular weight excluding hydrogens is 320 g/mol. The zero-order valence-corrected chi connectivity index (χ0v) is 12.7. The molecule has 2 unspecified atom stereocenters. The zero-order chi connectivity index (χ0) is 18.3. The molecule has 2 rings (SSSR count). The van der Waals surface area contributed by atoms with Crippen LogP contribution in [0.3, 0.4) is 0 Å². The van der Waals surface area contributed by atoms with Crippen molar-refractivity contribution in [3.05, 3.63) is 35.4 Å². The minimum absolute atomic E-state index is 0.0833. The number of hydrogen-bond donors (Lipinski definition) is 4. The van der Waals surface area contributed by atoms with Crippen molar-refractivity contribution in [3.8, 4) is 0 Å². The van der Waals surface area contributed by atoms with Gasteiger partial charge in [0, 0.05) is 0 Å². The van der Waals surface area contributed by atoms with Crippen LogP contribution in [-0.2, 0) is 9.59 Å². The van der Waals surface area contributed by atoms with Gasteiger partial charge < -0.3 is 20.4 Å². The Bertz CT molecular complexity index is 564. The topological polar surface area (TPSA) is 149 Å². The van der Waals surface area contributed by atoms with Crippen molar-refractivity contribution in [3.63, 3.8) is 0 Å². The summed E-state index contributed by atoms with van der Waals surface area (Å²) in [5.41, 5.74) is 0.167. The highest BCUT2D eigenvalue weighted by molar-refractivity contribution is 5.91. The van der Waals surface area contributed by atoms with Crippen LogP contribution in [0.25, 0.3) is 0 Å². The monoisotopic (exact) mass is 338 g/mol. The van der Waals surface area contributed by atoms with Gasteiger partial charge in [-0.15, -0.1) is 0 Å². The number of carbonyl (C=O) groups is 4. The van der Waals surface area contributed by atoms with E-state index in [0.29, 0.717) is 12.8 Å². The minimum Gasteiger partial charge on any atom is -0.481 e. The Hall–Kier alpha value is -2.90. The quantitative estimate of drug-likeness (QED) is 0.651. The van der Waals surface area contributed by atoms with Gasteiger partial charge in [-0.05, 0) is 37.1 Å². The van der Waals surface area contributed by atoms with E-state index in [-0.39, 0.29) is 11.1 Å². The van der Waals surface area contributed by atoms with E-state index in [4.69, 9.17) is 20.4 Å². The van der Waals surface area contributed by atoms with Gasteiger partial charge in [0.15, 0.2) is 0 Å². The summed E-state index contributed by atoms with van der Waals surface area (Å²) in [6.45, 7) is 0. The molecule has 4 N–H and O–H groups in total. The van der Waals surface area contributed by atoms with Gasteiger partial charge >= 0.3 is 23.9 Å². The van der Waals surface area contributed by atoms with Crippen LogP contribution in [0.1, 0.15) is 46.4 Å². The normalized spacial score (nSPS) is 19.5. The number of carboxylic acid groups (broad SMARTS) is 4. The first-order valence-corrected chi connectivity index (χ1v) is 7.26. The number of aromatic carboxylic acids is 2. The highest BCUT2D eigenvalue weighted by Crippen LogP contribution is 2.30. The van der Waals surface area contributed by atoms with E-state index in [1.54, 1.807) is 0 Å². The summed E-state index contributed by atoms with van der Waals surface area (Å²) in [5.74, 6) is -5.41. The largest absolute Gasteiger partial charge is 0.481 e. The molecule has 0 saturated heterocycles. The van der Waals surface area contributed by atoms with Gasteiger partial charge in [0.2, 0.25) is 0 Å². The second kappa shape index (κ2) is 8.66. The lowest BCUT2D eigenvalue weighted by Gasteiger charge is -2.24. The van der Waals surface area contributed by atoms with Crippen LogP contribution in [0.2, 0.25) is 0 Å². The van der Waals surface area contributed by atoms with Crippen molar-refractivity contribution in [1.82, 2.24) is 0 Å². The third-order valence-electron chi connectivity index (χ3n) is 3.78. The van der Waals surface area contributed by atoms with Gasteiger partial charge in [-0.2, -0.15) is 0 Å². The molecule has 8 heteroatoms. The molecule has 2 atom stereocenters. The molecule has 0 aromatic heterocycles. The van der Waals surface area contributed by atoms with Crippen LogP contribution in [0.5, 0.6) is 0 Å². The molecule has 0 radical (unpaired) electrons. The summed E-state index contributed by atoms with van der Waals surface area (Å²) in [7, 11) is 0. The molecule has 0 bridgehead atoms. The maximum absolute atomic E-state index is 10.6. The first kappa shape index (κ1) is 19.1. The lowest BCUT2D eigenvalue weighted by atomic mass is 9.79. The summed E-state index contributed by atoms with van der Waals surface area (Å²) >= 11 is 0. The van der Waals surface area contributed by atoms with E-state index in [2.05, 4.69) is 0 Å². The molecule has 8 nitrogen and oxygen atoms in total. The number of benzene rings is 1. The van der Waals surface area contributed by atoms with Crippen LogP contribution in [-0.4, -0.2) is 44.3 Å². The summed E-state index contributed by atoms with van der Waals surface area (Å²) in [6.07, 6.45) is 2.68. The molecule has 1 aliphatic rings. The maximum atomic E-state index is 10.6. The smallest absolute Gasteiger partial charge is 0.335 e. The van der Waals surface area contributed by atoms with Crippen molar-refractivity contribution in [2.45, 2.75) is 25.7 Å². The Morgan fingerprint density at radius 1 is 0.667 bits per heavy atom. The van der Waals surface area contributed by atoms with Crippen molar-refractivity contribution >= 4 is 23.9 Å². The Balaban J connectivity index is 0.000000240. The molecular formula is C16H18O8. The predicted molar refractivity (Wildman–Crippen MR) is 81.1 cm³/mol. The molecule has 1 aromatic rings. The van der Waals surface area contributed by atoms with Crippen molar-refractivity contribution in [1.29, 1.82) is 0 Å².